The number of carbonyl (C=O) groups excluding carboxylic acids is 1. The van der Waals surface area contributed by atoms with Gasteiger partial charge in [-0.2, -0.15) is 0 Å². The average Bonchev–Trinajstić information content (AvgIpc) is 2.74. The third-order valence-corrected chi connectivity index (χ3v) is 4.97. The van der Waals surface area contributed by atoms with Crippen molar-refractivity contribution >= 4 is 5.91 Å². The molecule has 1 atom stereocenters. The van der Waals surface area contributed by atoms with E-state index in [-0.39, 0.29) is 11.9 Å². The minimum absolute atomic E-state index is 0.0330. The Hall–Kier alpha value is -3.28. The second kappa shape index (κ2) is 7.15. The zero-order chi connectivity index (χ0) is 18.8. The lowest BCUT2D eigenvalue weighted by Crippen LogP contribution is -2.39. The molecule has 136 valence electrons. The van der Waals surface area contributed by atoms with E-state index < -0.39 is 0 Å². The lowest BCUT2D eigenvalue weighted by Gasteiger charge is -2.35. The van der Waals surface area contributed by atoms with Gasteiger partial charge in [0.15, 0.2) is 5.82 Å². The largest absolute Gasteiger partial charge is 0.497 e. The summed E-state index contributed by atoms with van der Waals surface area (Å²) in [6.45, 7) is 2.71. The number of amides is 1. The molecule has 0 radical (unpaired) electrons. The highest BCUT2D eigenvalue weighted by Gasteiger charge is 2.29. The minimum Gasteiger partial charge on any atom is -0.497 e. The van der Waals surface area contributed by atoms with Crippen LogP contribution < -0.4 is 4.74 Å². The first kappa shape index (κ1) is 17.1. The second-order valence-electron chi connectivity index (χ2n) is 6.53. The predicted molar refractivity (Wildman–Crippen MR) is 101 cm³/mol. The van der Waals surface area contributed by atoms with Crippen LogP contribution in [0.15, 0.2) is 55.1 Å². The number of hydrogen-bond acceptors (Lipinski definition) is 5. The highest BCUT2D eigenvalue weighted by atomic mass is 16.5. The summed E-state index contributed by atoms with van der Waals surface area (Å²) in [5, 5.41) is 0. The topological polar surface area (TPSA) is 68.2 Å². The Morgan fingerprint density at radius 1 is 1.19 bits per heavy atom. The van der Waals surface area contributed by atoms with Gasteiger partial charge in [0.25, 0.3) is 5.91 Å². The van der Waals surface area contributed by atoms with Gasteiger partial charge in [-0.15, -0.1) is 0 Å². The zero-order valence-corrected chi connectivity index (χ0v) is 15.3. The highest BCUT2D eigenvalue weighted by Crippen LogP contribution is 2.33. The van der Waals surface area contributed by atoms with Gasteiger partial charge in [-0.25, -0.2) is 9.97 Å². The molecule has 0 unspecified atom stereocenters. The highest BCUT2D eigenvalue weighted by molar-refractivity contribution is 5.94. The molecule has 0 spiro atoms. The summed E-state index contributed by atoms with van der Waals surface area (Å²) in [5.41, 5.74) is 3.70. The van der Waals surface area contributed by atoms with Crippen LogP contribution in [0.3, 0.4) is 0 Å². The number of pyridine rings is 1. The van der Waals surface area contributed by atoms with Gasteiger partial charge in [0.1, 0.15) is 5.75 Å². The monoisotopic (exact) mass is 360 g/mol. The van der Waals surface area contributed by atoms with E-state index in [4.69, 9.17) is 4.74 Å². The van der Waals surface area contributed by atoms with Gasteiger partial charge in [0, 0.05) is 36.9 Å². The maximum atomic E-state index is 13.0. The SMILES string of the molecule is COc1ccc2c(c1)[C@@H](C)N(C(=O)c1cnc(-c3cccnc3)nc1)CC2. The third-order valence-electron chi connectivity index (χ3n) is 4.97. The molecule has 0 fully saturated rings. The van der Waals surface area contributed by atoms with Crippen LogP contribution >= 0.6 is 0 Å². The van der Waals surface area contributed by atoms with Crippen LogP contribution in [0.2, 0.25) is 0 Å². The van der Waals surface area contributed by atoms with Crippen molar-refractivity contribution in [2.75, 3.05) is 13.7 Å². The normalized spacial score (nSPS) is 15.9. The molecule has 6 heteroatoms. The summed E-state index contributed by atoms with van der Waals surface area (Å²) in [4.78, 5) is 27.6. The first-order valence-electron chi connectivity index (χ1n) is 8.87. The van der Waals surface area contributed by atoms with Crippen molar-refractivity contribution in [2.24, 2.45) is 0 Å². The summed E-state index contributed by atoms with van der Waals surface area (Å²) in [5.74, 6) is 1.30. The molecule has 0 saturated heterocycles. The molecule has 3 heterocycles. The number of carbonyl (C=O) groups is 1. The Bertz CT molecular complexity index is 958. The van der Waals surface area contributed by atoms with Crippen molar-refractivity contribution in [1.82, 2.24) is 19.9 Å². The van der Waals surface area contributed by atoms with E-state index in [0.717, 1.165) is 23.3 Å². The van der Waals surface area contributed by atoms with Crippen molar-refractivity contribution in [1.29, 1.82) is 0 Å². The molecule has 6 nitrogen and oxygen atoms in total. The second-order valence-corrected chi connectivity index (χ2v) is 6.53. The molecular weight excluding hydrogens is 340 g/mol. The summed E-state index contributed by atoms with van der Waals surface area (Å²) >= 11 is 0. The average molecular weight is 360 g/mol. The van der Waals surface area contributed by atoms with Crippen LogP contribution in [-0.2, 0) is 6.42 Å². The van der Waals surface area contributed by atoms with Crippen molar-refractivity contribution in [3.63, 3.8) is 0 Å². The van der Waals surface area contributed by atoms with Gasteiger partial charge < -0.3 is 9.64 Å². The van der Waals surface area contributed by atoms with Crippen molar-refractivity contribution in [3.05, 3.63) is 71.8 Å². The molecule has 1 amide bonds. The van der Waals surface area contributed by atoms with E-state index in [9.17, 15) is 4.79 Å². The van der Waals surface area contributed by atoms with Gasteiger partial charge in [-0.1, -0.05) is 6.07 Å². The molecule has 1 aromatic carbocycles. The van der Waals surface area contributed by atoms with Crippen molar-refractivity contribution in [2.45, 2.75) is 19.4 Å². The number of nitrogens with zero attached hydrogens (tertiary/aromatic N) is 4. The number of ether oxygens (including phenoxy) is 1. The minimum atomic E-state index is -0.0614. The van der Waals surface area contributed by atoms with Crippen LogP contribution in [0, 0.1) is 0 Å². The first-order chi connectivity index (χ1) is 13.2. The van der Waals surface area contributed by atoms with Gasteiger partial charge in [0.05, 0.1) is 18.7 Å². The van der Waals surface area contributed by atoms with Crippen LogP contribution in [-0.4, -0.2) is 39.4 Å². The number of aromatic nitrogens is 3. The van der Waals surface area contributed by atoms with Crippen molar-refractivity contribution < 1.29 is 9.53 Å². The van der Waals surface area contributed by atoms with E-state index in [0.29, 0.717) is 17.9 Å². The van der Waals surface area contributed by atoms with E-state index in [2.05, 4.69) is 21.0 Å². The molecule has 0 bridgehead atoms. The Labute approximate surface area is 157 Å². The number of hydrogen-bond donors (Lipinski definition) is 0. The summed E-state index contributed by atoms with van der Waals surface area (Å²) in [7, 11) is 1.65. The Morgan fingerprint density at radius 3 is 2.70 bits per heavy atom. The molecule has 1 aliphatic rings. The quantitative estimate of drug-likeness (QED) is 0.717. The molecule has 1 aliphatic heterocycles. The van der Waals surface area contributed by atoms with Crippen LogP contribution in [0.4, 0.5) is 0 Å². The van der Waals surface area contributed by atoms with Gasteiger partial charge in [-0.05, 0) is 48.7 Å². The van der Waals surface area contributed by atoms with Gasteiger partial charge in [0.2, 0.25) is 0 Å². The molecule has 27 heavy (non-hydrogen) atoms. The fourth-order valence-electron chi connectivity index (χ4n) is 3.44. The van der Waals surface area contributed by atoms with E-state index >= 15 is 0 Å². The number of rotatable bonds is 3. The molecule has 4 rings (SSSR count). The van der Waals surface area contributed by atoms with E-state index in [1.165, 1.54) is 5.56 Å². The van der Waals surface area contributed by atoms with E-state index in [1.807, 2.05) is 36.1 Å². The molecule has 2 aromatic heterocycles. The lowest BCUT2D eigenvalue weighted by atomic mass is 9.93. The Morgan fingerprint density at radius 2 is 2.00 bits per heavy atom. The number of benzene rings is 1. The lowest BCUT2D eigenvalue weighted by molar-refractivity contribution is 0.0676. The maximum Gasteiger partial charge on any atom is 0.257 e. The summed E-state index contributed by atoms with van der Waals surface area (Å²) in [6, 6.07) is 9.75. The Kier molecular flexibility index (Phi) is 4.54. The predicted octanol–water partition coefficient (Wildman–Crippen LogP) is 3.31. The molecular formula is C21H20N4O2. The molecule has 0 N–H and O–H groups in total. The summed E-state index contributed by atoms with van der Waals surface area (Å²) < 4.78 is 5.34. The first-order valence-corrected chi connectivity index (χ1v) is 8.87. The van der Waals surface area contributed by atoms with Gasteiger partial charge in [-0.3, -0.25) is 9.78 Å². The number of methoxy groups -OCH3 is 1. The smallest absolute Gasteiger partial charge is 0.257 e. The van der Waals surface area contributed by atoms with Crippen LogP contribution in [0.5, 0.6) is 5.75 Å². The number of fused-ring (bicyclic) bond motifs is 1. The molecule has 0 aliphatic carbocycles. The zero-order valence-electron chi connectivity index (χ0n) is 15.3. The third kappa shape index (κ3) is 3.26. The maximum absolute atomic E-state index is 13.0. The fraction of sp³-hybridized carbons (Fsp3) is 0.238. The fourth-order valence-corrected chi connectivity index (χ4v) is 3.44. The summed E-state index contributed by atoms with van der Waals surface area (Å²) in [6.07, 6.45) is 7.40. The van der Waals surface area contributed by atoms with Crippen molar-refractivity contribution in [3.8, 4) is 17.1 Å². The molecule has 0 saturated carbocycles. The Balaban J connectivity index is 1.57. The molecule has 3 aromatic rings. The van der Waals surface area contributed by atoms with E-state index in [1.54, 1.807) is 31.9 Å². The van der Waals surface area contributed by atoms with Gasteiger partial charge >= 0.3 is 0 Å². The van der Waals surface area contributed by atoms with Crippen LogP contribution in [0.25, 0.3) is 11.4 Å². The standard InChI is InChI=1S/C21H20N4O2/c1-14-19-10-18(27-2)6-5-15(19)7-9-25(14)21(26)17-12-23-20(24-13-17)16-4-3-8-22-11-16/h3-6,8,10-14H,7,9H2,1-2H3/t14-/m1/s1. The van der Waals surface area contributed by atoms with Crippen LogP contribution in [0.1, 0.15) is 34.5 Å².